The highest BCUT2D eigenvalue weighted by atomic mass is 79.9. The van der Waals surface area contributed by atoms with Crippen LogP contribution in [0.5, 0.6) is 5.75 Å². The molecule has 1 N–H and O–H groups in total. The molecule has 0 bridgehead atoms. The second-order valence-electron chi connectivity index (χ2n) is 5.73. The van der Waals surface area contributed by atoms with Crippen molar-refractivity contribution in [3.63, 3.8) is 0 Å². The fraction of sp³-hybridized carbons (Fsp3) is 0.533. The lowest BCUT2D eigenvalue weighted by Crippen LogP contribution is -2.44. The van der Waals surface area contributed by atoms with Crippen molar-refractivity contribution < 1.29 is 17.9 Å². The van der Waals surface area contributed by atoms with Crippen LogP contribution in [0.2, 0.25) is 0 Å². The van der Waals surface area contributed by atoms with Crippen molar-refractivity contribution >= 4 is 31.7 Å². The van der Waals surface area contributed by atoms with Crippen LogP contribution in [0.15, 0.2) is 22.7 Å². The van der Waals surface area contributed by atoms with Gasteiger partial charge in [-0.1, -0.05) is 22.4 Å². The van der Waals surface area contributed by atoms with Gasteiger partial charge in [0, 0.05) is 16.5 Å². The van der Waals surface area contributed by atoms with Crippen LogP contribution in [-0.2, 0) is 14.6 Å². The molecule has 0 spiro atoms. The maximum Gasteiger partial charge on any atom is 0.238 e. The number of sulfone groups is 1. The van der Waals surface area contributed by atoms with Crippen LogP contribution in [0.25, 0.3) is 0 Å². The number of rotatable bonds is 2. The van der Waals surface area contributed by atoms with Crippen molar-refractivity contribution in [3.8, 4) is 5.75 Å². The molecule has 22 heavy (non-hydrogen) atoms. The molecule has 0 aliphatic carbocycles. The molecule has 1 amide bonds. The maximum atomic E-state index is 12.4. The summed E-state index contributed by atoms with van der Waals surface area (Å²) in [5, 5.41) is 2.01. The van der Waals surface area contributed by atoms with Gasteiger partial charge in [0.25, 0.3) is 0 Å². The molecule has 2 aliphatic heterocycles. The van der Waals surface area contributed by atoms with E-state index >= 15 is 0 Å². The van der Waals surface area contributed by atoms with Gasteiger partial charge < -0.3 is 10.1 Å². The Balaban J connectivity index is 1.79. The van der Waals surface area contributed by atoms with E-state index < -0.39 is 15.1 Å². The van der Waals surface area contributed by atoms with Crippen LogP contribution in [0.3, 0.4) is 0 Å². The lowest BCUT2D eigenvalue weighted by Gasteiger charge is -2.29. The Morgan fingerprint density at radius 3 is 2.86 bits per heavy atom. The summed E-state index contributed by atoms with van der Waals surface area (Å²) in [7, 11) is -3.31. The predicted molar refractivity (Wildman–Crippen MR) is 86.6 cm³/mol. The first-order valence-corrected chi connectivity index (χ1v) is 9.92. The summed E-state index contributed by atoms with van der Waals surface area (Å²) in [5.41, 5.74) is 0.891. The molecule has 1 aromatic carbocycles. The molecule has 120 valence electrons. The van der Waals surface area contributed by atoms with E-state index in [9.17, 15) is 13.2 Å². The summed E-state index contributed by atoms with van der Waals surface area (Å²) in [6.07, 6.45) is 2.50. The lowest BCUT2D eigenvalue weighted by atomic mass is 10.00. The van der Waals surface area contributed by atoms with Gasteiger partial charge in [0.15, 0.2) is 9.84 Å². The minimum Gasteiger partial charge on any atom is -0.493 e. The fourth-order valence-corrected chi connectivity index (χ4v) is 5.22. The van der Waals surface area contributed by atoms with Crippen LogP contribution in [-0.4, -0.2) is 31.9 Å². The summed E-state index contributed by atoms with van der Waals surface area (Å²) in [4.78, 5) is 12.4. The third kappa shape index (κ3) is 3.15. The zero-order valence-corrected chi connectivity index (χ0v) is 14.5. The Labute approximate surface area is 138 Å². The molecule has 0 saturated carbocycles. The van der Waals surface area contributed by atoms with Gasteiger partial charge in [0.1, 0.15) is 11.0 Å². The smallest absolute Gasteiger partial charge is 0.238 e. The number of carbonyl (C=O) groups excluding carboxylic acids is 1. The maximum absolute atomic E-state index is 12.4. The van der Waals surface area contributed by atoms with Crippen molar-refractivity contribution in [1.82, 2.24) is 5.32 Å². The van der Waals surface area contributed by atoms with E-state index in [1.807, 2.05) is 18.2 Å². The third-order valence-corrected chi connectivity index (χ3v) is 6.87. The molecule has 5 nitrogen and oxygen atoms in total. The second kappa shape index (κ2) is 6.20. The summed E-state index contributed by atoms with van der Waals surface area (Å²) >= 11 is 3.41. The second-order valence-corrected chi connectivity index (χ2v) is 8.95. The van der Waals surface area contributed by atoms with Crippen molar-refractivity contribution in [2.75, 3.05) is 12.4 Å². The molecule has 7 heteroatoms. The average molecular weight is 388 g/mol. The van der Waals surface area contributed by atoms with Crippen molar-refractivity contribution in [2.24, 2.45) is 0 Å². The number of nitrogens with one attached hydrogen (secondary N) is 1. The topological polar surface area (TPSA) is 72.5 Å². The van der Waals surface area contributed by atoms with Gasteiger partial charge in [-0.05, 0) is 31.0 Å². The summed E-state index contributed by atoms with van der Waals surface area (Å²) in [5.74, 6) is 0.477. The zero-order valence-electron chi connectivity index (χ0n) is 12.0. The Bertz CT molecular complexity index is 689. The van der Waals surface area contributed by atoms with Crippen molar-refractivity contribution in [2.45, 2.75) is 37.0 Å². The molecule has 2 aliphatic rings. The minimum atomic E-state index is -3.31. The number of benzene rings is 1. The van der Waals surface area contributed by atoms with Gasteiger partial charge in [0.05, 0.1) is 18.4 Å². The highest BCUT2D eigenvalue weighted by Crippen LogP contribution is 2.34. The number of hydrogen-bond acceptors (Lipinski definition) is 4. The predicted octanol–water partition coefficient (Wildman–Crippen LogP) is 2.36. The Hall–Kier alpha value is -1.08. The quantitative estimate of drug-likeness (QED) is 0.844. The first-order valence-electron chi connectivity index (χ1n) is 7.41. The zero-order chi connectivity index (χ0) is 15.7. The van der Waals surface area contributed by atoms with Gasteiger partial charge in [-0.2, -0.15) is 0 Å². The highest BCUT2D eigenvalue weighted by Gasteiger charge is 2.36. The summed E-state index contributed by atoms with van der Waals surface area (Å²) < 4.78 is 30.6. The van der Waals surface area contributed by atoms with Crippen LogP contribution in [0.1, 0.15) is 37.3 Å². The monoisotopic (exact) mass is 387 g/mol. The fourth-order valence-electron chi connectivity index (χ4n) is 3.03. The SMILES string of the molecule is O=C(N[C@@H]1CCOc2ccc(Br)cc21)[C@H]1CCCCS1(=O)=O. The van der Waals surface area contributed by atoms with Crippen molar-refractivity contribution in [3.05, 3.63) is 28.2 Å². The number of ether oxygens (including phenoxy) is 1. The van der Waals surface area contributed by atoms with Gasteiger partial charge in [0.2, 0.25) is 5.91 Å². The third-order valence-electron chi connectivity index (χ3n) is 4.20. The number of fused-ring (bicyclic) bond motifs is 1. The molecule has 2 atom stereocenters. The van der Waals surface area contributed by atoms with Gasteiger partial charge in [-0.15, -0.1) is 0 Å². The van der Waals surface area contributed by atoms with Gasteiger partial charge >= 0.3 is 0 Å². The van der Waals surface area contributed by atoms with E-state index in [1.165, 1.54) is 0 Å². The van der Waals surface area contributed by atoms with Crippen LogP contribution in [0, 0.1) is 0 Å². The normalized spacial score (nSPS) is 26.6. The summed E-state index contributed by atoms with van der Waals surface area (Å²) in [6, 6.07) is 5.45. The standard InChI is InChI=1S/C15H18BrNO4S/c16-10-4-5-13-11(9-10)12(6-7-21-13)17-15(18)14-3-1-2-8-22(14,19)20/h4-5,9,12,14H,1-3,6-8H2,(H,17,18)/t12-,14-/m1/s1. The first-order chi connectivity index (χ1) is 10.5. The van der Waals surface area contributed by atoms with E-state index in [0.717, 1.165) is 22.2 Å². The van der Waals surface area contributed by atoms with Gasteiger partial charge in [-0.25, -0.2) is 8.42 Å². The number of carbonyl (C=O) groups is 1. The number of hydrogen-bond donors (Lipinski definition) is 1. The molecular weight excluding hydrogens is 370 g/mol. The molecule has 1 fully saturated rings. The molecule has 0 aromatic heterocycles. The average Bonchev–Trinajstić information content (AvgIpc) is 2.47. The van der Waals surface area contributed by atoms with Crippen LogP contribution >= 0.6 is 15.9 Å². The molecule has 1 aromatic rings. The van der Waals surface area contributed by atoms with E-state index in [-0.39, 0.29) is 17.7 Å². The molecule has 2 heterocycles. The van der Waals surface area contributed by atoms with E-state index in [2.05, 4.69) is 21.2 Å². The van der Waals surface area contributed by atoms with Crippen molar-refractivity contribution in [1.29, 1.82) is 0 Å². The molecular formula is C15H18BrNO4S. The largest absolute Gasteiger partial charge is 0.493 e. The van der Waals surface area contributed by atoms with Gasteiger partial charge in [-0.3, -0.25) is 4.79 Å². The van der Waals surface area contributed by atoms with E-state index in [4.69, 9.17) is 4.74 Å². The van der Waals surface area contributed by atoms with Crippen LogP contribution in [0.4, 0.5) is 0 Å². The highest BCUT2D eigenvalue weighted by molar-refractivity contribution is 9.10. The molecule has 3 rings (SSSR count). The Kier molecular flexibility index (Phi) is 4.45. The summed E-state index contributed by atoms with van der Waals surface area (Å²) in [6.45, 7) is 0.511. The molecule has 1 saturated heterocycles. The number of halogens is 1. The lowest BCUT2D eigenvalue weighted by molar-refractivity contribution is -0.121. The van der Waals surface area contributed by atoms with E-state index in [1.54, 1.807) is 0 Å². The minimum absolute atomic E-state index is 0.112. The molecule has 0 radical (unpaired) electrons. The van der Waals surface area contributed by atoms with Crippen LogP contribution < -0.4 is 10.1 Å². The van der Waals surface area contributed by atoms with E-state index in [0.29, 0.717) is 25.9 Å². The Morgan fingerprint density at radius 1 is 1.27 bits per heavy atom. The Morgan fingerprint density at radius 2 is 2.09 bits per heavy atom. The first kappa shape index (κ1) is 15.8. The molecule has 0 unspecified atom stereocenters. The number of amides is 1.